The largest absolute Gasteiger partial charge is 0.497 e. The number of carbonyl (C=O) groups excluding carboxylic acids is 1. The average molecular weight is 298 g/mol. The lowest BCUT2D eigenvalue weighted by atomic mass is 10.0. The number of aldehydes is 1. The number of methoxy groups -OCH3 is 1. The van der Waals surface area contributed by atoms with Crippen LogP contribution in [0, 0.1) is 0 Å². The van der Waals surface area contributed by atoms with Crippen molar-refractivity contribution >= 4 is 17.2 Å². The molecule has 0 radical (unpaired) electrons. The minimum absolute atomic E-state index is 0.202. The van der Waals surface area contributed by atoms with Crippen molar-refractivity contribution in [2.75, 3.05) is 7.11 Å². The van der Waals surface area contributed by atoms with Crippen LogP contribution in [0.4, 0.5) is 0 Å². The monoisotopic (exact) mass is 298 g/mol. The molecule has 0 aliphatic rings. The minimum atomic E-state index is 0.202. The molecule has 0 aliphatic heterocycles. The third-order valence-corrected chi connectivity index (χ3v) is 3.79. The normalized spacial score (nSPS) is 11.3. The average Bonchev–Trinajstić information content (AvgIpc) is 3.13. The summed E-state index contributed by atoms with van der Waals surface area (Å²) in [6, 6.07) is 5.74. The van der Waals surface area contributed by atoms with Crippen LogP contribution in [0.1, 0.15) is 41.7 Å². The second kappa shape index (κ2) is 5.67. The summed E-state index contributed by atoms with van der Waals surface area (Å²) in [4.78, 5) is 15.8. The zero-order chi connectivity index (χ0) is 15.7. The second-order valence-corrected chi connectivity index (χ2v) is 5.47. The van der Waals surface area contributed by atoms with Gasteiger partial charge in [0, 0.05) is 22.7 Å². The van der Waals surface area contributed by atoms with Crippen LogP contribution in [0.5, 0.6) is 5.75 Å². The first kappa shape index (κ1) is 14.4. The molecule has 0 bridgehead atoms. The molecule has 3 aromatic rings. The summed E-state index contributed by atoms with van der Waals surface area (Å²) in [5, 5.41) is 0.922. The maximum absolute atomic E-state index is 11.6. The number of benzene rings is 1. The highest BCUT2D eigenvalue weighted by Gasteiger charge is 2.20. The highest BCUT2D eigenvalue weighted by Crippen LogP contribution is 2.33. The van der Waals surface area contributed by atoms with Crippen molar-refractivity contribution < 1.29 is 13.9 Å². The lowest BCUT2D eigenvalue weighted by molar-refractivity contribution is 0.112. The van der Waals surface area contributed by atoms with Crippen LogP contribution < -0.4 is 4.74 Å². The van der Waals surface area contributed by atoms with Crippen LogP contribution in [0.3, 0.4) is 0 Å². The molecule has 0 fully saturated rings. The van der Waals surface area contributed by atoms with Crippen molar-refractivity contribution in [3.8, 4) is 5.75 Å². The molecular weight excluding hydrogens is 280 g/mol. The van der Waals surface area contributed by atoms with Crippen LogP contribution in [0.2, 0.25) is 0 Å². The molecule has 2 heterocycles. The van der Waals surface area contributed by atoms with Gasteiger partial charge in [-0.2, -0.15) is 0 Å². The van der Waals surface area contributed by atoms with E-state index in [1.54, 1.807) is 19.6 Å². The number of hydrogen-bond donors (Lipinski definition) is 0. The van der Waals surface area contributed by atoms with Crippen molar-refractivity contribution in [2.24, 2.45) is 0 Å². The topological polar surface area (TPSA) is 57.3 Å². The predicted molar refractivity (Wildman–Crippen MR) is 83.6 cm³/mol. The van der Waals surface area contributed by atoms with Crippen LogP contribution in [0.15, 0.2) is 35.1 Å². The van der Waals surface area contributed by atoms with E-state index in [4.69, 9.17) is 9.15 Å². The summed E-state index contributed by atoms with van der Waals surface area (Å²) in [5.41, 5.74) is 2.65. The van der Waals surface area contributed by atoms with Crippen molar-refractivity contribution in [1.29, 1.82) is 0 Å². The molecule has 0 saturated carbocycles. The summed E-state index contributed by atoms with van der Waals surface area (Å²) < 4.78 is 12.8. The second-order valence-electron chi connectivity index (χ2n) is 5.47. The molecule has 0 spiro atoms. The molecule has 0 atom stereocenters. The fourth-order valence-electron chi connectivity index (χ4n) is 2.89. The van der Waals surface area contributed by atoms with Crippen molar-refractivity contribution in [2.45, 2.75) is 26.3 Å². The fraction of sp³-hybridized carbons (Fsp3) is 0.294. The Bertz CT molecular complexity index is 801. The first-order chi connectivity index (χ1) is 10.7. The van der Waals surface area contributed by atoms with Crippen LogP contribution in [-0.2, 0) is 6.54 Å². The van der Waals surface area contributed by atoms with E-state index in [1.807, 2.05) is 18.2 Å². The van der Waals surface area contributed by atoms with Gasteiger partial charge in [0.1, 0.15) is 12.0 Å². The van der Waals surface area contributed by atoms with Gasteiger partial charge in [-0.3, -0.25) is 4.79 Å². The van der Waals surface area contributed by atoms with Crippen LogP contribution in [-0.4, -0.2) is 22.9 Å². The van der Waals surface area contributed by atoms with Crippen molar-refractivity contribution in [3.63, 3.8) is 0 Å². The van der Waals surface area contributed by atoms with Crippen LogP contribution in [0.25, 0.3) is 10.9 Å². The molecule has 2 aromatic heterocycles. The van der Waals surface area contributed by atoms with Gasteiger partial charge in [0.15, 0.2) is 6.29 Å². The van der Waals surface area contributed by atoms with Crippen molar-refractivity contribution in [1.82, 2.24) is 9.55 Å². The predicted octanol–water partition coefficient (Wildman–Crippen LogP) is 3.62. The van der Waals surface area contributed by atoms with E-state index in [0.29, 0.717) is 12.4 Å². The Kier molecular flexibility index (Phi) is 3.71. The minimum Gasteiger partial charge on any atom is -0.497 e. The summed E-state index contributed by atoms with van der Waals surface area (Å²) >= 11 is 0. The number of aromatic nitrogens is 2. The molecule has 5 heteroatoms. The van der Waals surface area contributed by atoms with Crippen LogP contribution >= 0.6 is 0 Å². The number of carbonyl (C=O) groups is 1. The Labute approximate surface area is 128 Å². The Morgan fingerprint density at radius 1 is 1.41 bits per heavy atom. The van der Waals surface area contributed by atoms with E-state index >= 15 is 0 Å². The SMILES string of the molecule is COc1ccc2c(C=O)c(C(C)C)n(Cc3ncco3)c2c1. The molecule has 114 valence electrons. The zero-order valence-electron chi connectivity index (χ0n) is 12.9. The molecule has 22 heavy (non-hydrogen) atoms. The molecule has 0 N–H and O–H groups in total. The third-order valence-electron chi connectivity index (χ3n) is 3.79. The molecule has 0 amide bonds. The van der Waals surface area contributed by atoms with E-state index in [0.717, 1.165) is 34.2 Å². The molecule has 3 rings (SSSR count). The third kappa shape index (κ3) is 2.28. The maximum Gasteiger partial charge on any atom is 0.213 e. The van der Waals surface area contributed by atoms with Gasteiger partial charge < -0.3 is 13.7 Å². The van der Waals surface area contributed by atoms with E-state index < -0.39 is 0 Å². The standard InChI is InChI=1S/C17H18N2O3/c1-11(2)17-14(10-20)13-5-4-12(21-3)8-15(13)19(17)9-16-18-6-7-22-16/h4-8,10-11H,9H2,1-3H3. The highest BCUT2D eigenvalue weighted by molar-refractivity contribution is 6.00. The number of ether oxygens (including phenoxy) is 1. The summed E-state index contributed by atoms with van der Waals surface area (Å²) in [7, 11) is 1.63. The molecule has 0 saturated heterocycles. The summed E-state index contributed by atoms with van der Waals surface area (Å²) in [6.45, 7) is 4.63. The first-order valence-electron chi connectivity index (χ1n) is 7.19. The number of hydrogen-bond acceptors (Lipinski definition) is 4. The smallest absolute Gasteiger partial charge is 0.213 e. The van der Waals surface area contributed by atoms with Crippen molar-refractivity contribution in [3.05, 3.63) is 47.8 Å². The number of rotatable bonds is 5. The molecule has 5 nitrogen and oxygen atoms in total. The van der Waals surface area contributed by atoms with Gasteiger partial charge in [0.2, 0.25) is 5.89 Å². The van der Waals surface area contributed by atoms with Gasteiger partial charge in [0.05, 0.1) is 25.4 Å². The summed E-state index contributed by atoms with van der Waals surface area (Å²) in [5.74, 6) is 1.57. The van der Waals surface area contributed by atoms with E-state index in [-0.39, 0.29) is 5.92 Å². The molecule has 1 aromatic carbocycles. The van der Waals surface area contributed by atoms with Gasteiger partial charge in [-0.25, -0.2) is 4.98 Å². The summed E-state index contributed by atoms with van der Waals surface area (Å²) in [6.07, 6.45) is 4.10. The Balaban J connectivity index is 2.29. The van der Waals surface area contributed by atoms with Gasteiger partial charge in [-0.15, -0.1) is 0 Å². The fourth-order valence-corrected chi connectivity index (χ4v) is 2.89. The maximum atomic E-state index is 11.6. The Morgan fingerprint density at radius 3 is 2.82 bits per heavy atom. The quantitative estimate of drug-likeness (QED) is 0.675. The lowest BCUT2D eigenvalue weighted by Gasteiger charge is -2.12. The highest BCUT2D eigenvalue weighted by atomic mass is 16.5. The number of nitrogens with zero attached hydrogens (tertiary/aromatic N) is 2. The van der Waals surface area contributed by atoms with Gasteiger partial charge in [0.25, 0.3) is 0 Å². The molecule has 0 aliphatic carbocycles. The van der Waals surface area contributed by atoms with E-state index in [9.17, 15) is 4.79 Å². The van der Waals surface area contributed by atoms with Gasteiger partial charge >= 0.3 is 0 Å². The molecular formula is C17H18N2O3. The lowest BCUT2D eigenvalue weighted by Crippen LogP contribution is -2.07. The molecule has 0 unspecified atom stereocenters. The Hall–Kier alpha value is -2.56. The van der Waals surface area contributed by atoms with Gasteiger partial charge in [-0.05, 0) is 18.1 Å². The number of fused-ring (bicyclic) bond motifs is 1. The zero-order valence-corrected chi connectivity index (χ0v) is 12.9. The van der Waals surface area contributed by atoms with E-state index in [2.05, 4.69) is 23.4 Å². The van der Waals surface area contributed by atoms with E-state index in [1.165, 1.54) is 0 Å². The van der Waals surface area contributed by atoms with Gasteiger partial charge in [-0.1, -0.05) is 13.8 Å². The Morgan fingerprint density at radius 2 is 2.23 bits per heavy atom. The number of oxazole rings is 1. The first-order valence-corrected chi connectivity index (χ1v) is 7.19.